The van der Waals surface area contributed by atoms with Gasteiger partial charge in [-0.25, -0.2) is 0 Å². The van der Waals surface area contributed by atoms with Gasteiger partial charge in [-0.2, -0.15) is 0 Å². The largest absolute Gasteiger partial charge is 0.300 e. The van der Waals surface area contributed by atoms with Crippen molar-refractivity contribution in [3.8, 4) is 0 Å². The van der Waals surface area contributed by atoms with E-state index >= 15 is 0 Å². The molecule has 0 bridgehead atoms. The predicted molar refractivity (Wildman–Crippen MR) is 107 cm³/mol. The van der Waals surface area contributed by atoms with Crippen LogP contribution in [-0.4, -0.2) is 39.6 Å². The number of aryl methyl sites for hydroxylation is 1. The molecule has 1 aliphatic carbocycles. The molecule has 1 aliphatic heterocycles. The van der Waals surface area contributed by atoms with Crippen molar-refractivity contribution in [2.24, 2.45) is 0 Å². The summed E-state index contributed by atoms with van der Waals surface area (Å²) < 4.78 is 0. The van der Waals surface area contributed by atoms with Crippen LogP contribution < -0.4 is 0 Å². The van der Waals surface area contributed by atoms with Gasteiger partial charge in [0.2, 0.25) is 0 Å². The summed E-state index contributed by atoms with van der Waals surface area (Å²) in [7, 11) is 0. The maximum absolute atomic E-state index is 13.0. The fourth-order valence-corrected chi connectivity index (χ4v) is 4.09. The van der Waals surface area contributed by atoms with E-state index in [1.807, 2.05) is 0 Å². The zero-order valence-electron chi connectivity index (χ0n) is 17.1. The third kappa shape index (κ3) is 4.07. The number of imide groups is 1. The lowest BCUT2D eigenvalue weighted by molar-refractivity contribution is -0.137. The molecule has 29 heavy (non-hydrogen) atoms. The van der Waals surface area contributed by atoms with Crippen molar-refractivity contribution >= 4 is 29.2 Å². The number of ketones is 3. The average Bonchev–Trinajstić information content (AvgIpc) is 2.94. The van der Waals surface area contributed by atoms with E-state index in [1.165, 1.54) is 0 Å². The maximum atomic E-state index is 13.0. The van der Waals surface area contributed by atoms with Crippen LogP contribution in [0, 0.1) is 0 Å². The van der Waals surface area contributed by atoms with Gasteiger partial charge in [0.15, 0.2) is 5.78 Å². The summed E-state index contributed by atoms with van der Waals surface area (Å²) in [6.45, 7) is 3.66. The van der Waals surface area contributed by atoms with Crippen LogP contribution in [0.3, 0.4) is 0 Å². The van der Waals surface area contributed by atoms with Gasteiger partial charge in [-0.05, 0) is 43.9 Å². The minimum absolute atomic E-state index is 0.157. The fourth-order valence-electron chi connectivity index (χ4n) is 4.09. The van der Waals surface area contributed by atoms with Gasteiger partial charge in [0.25, 0.3) is 11.8 Å². The molecule has 2 amide bonds. The predicted octanol–water partition coefficient (Wildman–Crippen LogP) is 3.45. The van der Waals surface area contributed by atoms with E-state index < -0.39 is 17.4 Å². The zero-order chi connectivity index (χ0) is 21.2. The maximum Gasteiger partial charge on any atom is 0.262 e. The van der Waals surface area contributed by atoms with Crippen molar-refractivity contribution in [2.45, 2.75) is 77.2 Å². The van der Waals surface area contributed by atoms with E-state index in [-0.39, 0.29) is 47.7 Å². The molecule has 1 heterocycles. The topological polar surface area (TPSA) is 88.6 Å². The molecule has 1 fully saturated rings. The first-order chi connectivity index (χ1) is 13.8. The quantitative estimate of drug-likeness (QED) is 0.381. The van der Waals surface area contributed by atoms with E-state index in [0.717, 1.165) is 29.7 Å². The summed E-state index contributed by atoms with van der Waals surface area (Å²) in [6.07, 6.45) is 4.61. The van der Waals surface area contributed by atoms with Crippen molar-refractivity contribution in [2.75, 3.05) is 0 Å². The number of unbranched alkanes of at least 4 members (excludes halogenated alkanes) is 2. The highest BCUT2D eigenvalue weighted by Gasteiger charge is 2.52. The van der Waals surface area contributed by atoms with Crippen molar-refractivity contribution in [3.63, 3.8) is 0 Å². The number of benzene rings is 1. The Morgan fingerprint density at radius 2 is 1.76 bits per heavy atom. The van der Waals surface area contributed by atoms with Gasteiger partial charge in [-0.1, -0.05) is 25.8 Å². The van der Waals surface area contributed by atoms with Crippen LogP contribution in [0.15, 0.2) is 18.2 Å². The Balaban J connectivity index is 1.74. The molecule has 0 saturated heterocycles. The van der Waals surface area contributed by atoms with Gasteiger partial charge in [-0.3, -0.25) is 28.9 Å². The lowest BCUT2D eigenvalue weighted by atomic mass is 9.80. The van der Waals surface area contributed by atoms with Crippen molar-refractivity contribution in [1.29, 1.82) is 0 Å². The third-order valence-electron chi connectivity index (χ3n) is 6.05. The van der Waals surface area contributed by atoms with E-state index in [4.69, 9.17) is 0 Å². The molecule has 154 valence electrons. The second-order valence-corrected chi connectivity index (χ2v) is 8.23. The van der Waals surface area contributed by atoms with Gasteiger partial charge >= 0.3 is 0 Å². The molecule has 0 unspecified atom stereocenters. The molecule has 1 atom stereocenters. The van der Waals surface area contributed by atoms with E-state index in [0.29, 0.717) is 19.3 Å². The summed E-state index contributed by atoms with van der Waals surface area (Å²) >= 11 is 0. The molecule has 1 aromatic rings. The molecular formula is C23H27NO5. The lowest BCUT2D eigenvalue weighted by Gasteiger charge is -2.38. The number of nitrogens with zero attached hydrogens (tertiary/aromatic N) is 1. The number of rotatable bonds is 8. The second-order valence-electron chi connectivity index (χ2n) is 8.23. The van der Waals surface area contributed by atoms with Gasteiger partial charge in [-0.15, -0.1) is 0 Å². The molecule has 0 aromatic heterocycles. The summed E-state index contributed by atoms with van der Waals surface area (Å²) in [6, 6.07) is 5.03. The lowest BCUT2D eigenvalue weighted by Crippen LogP contribution is -2.57. The minimum Gasteiger partial charge on any atom is -0.300 e. The summed E-state index contributed by atoms with van der Waals surface area (Å²) in [5.41, 5.74) is 0.0953. The molecule has 1 aromatic carbocycles. The molecule has 0 radical (unpaired) electrons. The highest BCUT2D eigenvalue weighted by Crippen LogP contribution is 2.36. The highest BCUT2D eigenvalue weighted by atomic mass is 16.2. The van der Waals surface area contributed by atoms with Gasteiger partial charge in [0.05, 0.1) is 17.5 Å². The van der Waals surface area contributed by atoms with Crippen LogP contribution in [0.25, 0.3) is 0 Å². The Bertz CT molecular complexity index is 887. The minimum atomic E-state index is -1.28. The average molecular weight is 397 g/mol. The number of carbonyl (C=O) groups is 5. The van der Waals surface area contributed by atoms with Crippen molar-refractivity contribution < 1.29 is 24.0 Å². The van der Waals surface area contributed by atoms with Gasteiger partial charge < -0.3 is 0 Å². The monoisotopic (exact) mass is 397 g/mol. The number of hydrogen-bond acceptors (Lipinski definition) is 5. The third-order valence-corrected chi connectivity index (χ3v) is 6.05. The fraction of sp³-hybridized carbons (Fsp3) is 0.522. The normalized spacial score (nSPS) is 21.7. The number of fused-ring (bicyclic) bond motifs is 1. The SMILES string of the molecule is CCCCCC(=O)CCc1ccc2c(c1)C(=O)N([C@@]1(C)CCC(=O)CC1=O)C2=O. The second kappa shape index (κ2) is 8.39. The van der Waals surface area contributed by atoms with Crippen molar-refractivity contribution in [1.82, 2.24) is 4.90 Å². The Morgan fingerprint density at radius 3 is 2.45 bits per heavy atom. The number of hydrogen-bond donors (Lipinski definition) is 0. The molecule has 2 aliphatic rings. The first-order valence-electron chi connectivity index (χ1n) is 10.4. The van der Waals surface area contributed by atoms with Crippen LogP contribution in [-0.2, 0) is 20.8 Å². The number of Topliss-reactive ketones (excluding diaryl/α,β-unsaturated/α-hetero) is 3. The summed E-state index contributed by atoms with van der Waals surface area (Å²) in [5, 5.41) is 0. The summed E-state index contributed by atoms with van der Waals surface area (Å²) in [4.78, 5) is 63.0. The molecule has 1 saturated carbocycles. The Kier molecular flexibility index (Phi) is 6.10. The molecule has 6 nitrogen and oxygen atoms in total. The Hall–Kier alpha value is -2.63. The number of amides is 2. The molecule has 0 N–H and O–H groups in total. The number of carbonyl (C=O) groups excluding carboxylic acids is 5. The van der Waals surface area contributed by atoms with Crippen LogP contribution in [0.2, 0.25) is 0 Å². The van der Waals surface area contributed by atoms with Crippen LogP contribution >= 0.6 is 0 Å². The van der Waals surface area contributed by atoms with E-state index in [9.17, 15) is 24.0 Å². The first-order valence-corrected chi connectivity index (χ1v) is 10.4. The zero-order valence-corrected chi connectivity index (χ0v) is 17.1. The van der Waals surface area contributed by atoms with Crippen LogP contribution in [0.1, 0.15) is 91.5 Å². The van der Waals surface area contributed by atoms with Crippen molar-refractivity contribution in [3.05, 3.63) is 34.9 Å². The molecule has 0 spiro atoms. The molecule has 3 rings (SSSR count). The van der Waals surface area contributed by atoms with E-state index in [2.05, 4.69) is 6.92 Å². The van der Waals surface area contributed by atoms with Crippen LogP contribution in [0.5, 0.6) is 0 Å². The summed E-state index contributed by atoms with van der Waals surface area (Å²) in [5.74, 6) is -1.33. The molecular weight excluding hydrogens is 370 g/mol. The Labute approximate surface area is 170 Å². The Morgan fingerprint density at radius 1 is 1.03 bits per heavy atom. The standard InChI is InChI=1S/C23H27NO5/c1-3-4-5-6-16(25)9-7-15-8-10-18-19(13-15)22(29)24(21(18)28)23(2)12-11-17(26)14-20(23)27/h8,10,13H,3-7,9,11-12,14H2,1-2H3/t23-/m0/s1. The highest BCUT2D eigenvalue weighted by molar-refractivity contribution is 6.24. The van der Waals surface area contributed by atoms with E-state index in [1.54, 1.807) is 25.1 Å². The van der Waals surface area contributed by atoms with Crippen LogP contribution in [0.4, 0.5) is 0 Å². The van der Waals surface area contributed by atoms with Gasteiger partial charge in [0, 0.05) is 19.3 Å². The van der Waals surface area contributed by atoms with Gasteiger partial charge in [0.1, 0.15) is 17.1 Å². The molecule has 6 heteroatoms. The smallest absolute Gasteiger partial charge is 0.262 e. The first kappa shape index (κ1) is 21.1.